The molecular formula is C22H37NO2. The van der Waals surface area contributed by atoms with E-state index in [0.29, 0.717) is 0 Å². The van der Waals surface area contributed by atoms with Crippen LogP contribution in [-0.2, 0) is 9.53 Å². The second-order valence-corrected chi connectivity index (χ2v) is 8.49. The van der Waals surface area contributed by atoms with Crippen LogP contribution in [0.2, 0.25) is 0 Å². The number of nitrogens with zero attached hydrogens (tertiary/aromatic N) is 1. The van der Waals surface area contributed by atoms with Crippen LogP contribution in [0.4, 0.5) is 0 Å². The third-order valence-corrected chi connectivity index (χ3v) is 6.53. The van der Waals surface area contributed by atoms with E-state index in [9.17, 15) is 10.1 Å². The predicted octanol–water partition coefficient (Wildman–Crippen LogP) is 6.17. The van der Waals surface area contributed by atoms with Gasteiger partial charge >= 0.3 is 5.97 Å². The van der Waals surface area contributed by atoms with Crippen molar-refractivity contribution in [1.82, 2.24) is 0 Å². The van der Waals surface area contributed by atoms with Crippen LogP contribution in [0.5, 0.6) is 0 Å². The maximum atomic E-state index is 12.5. The first kappa shape index (κ1) is 20.3. The number of hydrogen-bond donors (Lipinski definition) is 0. The normalized spacial score (nSPS) is 32.8. The average Bonchev–Trinajstić information content (AvgIpc) is 2.64. The Labute approximate surface area is 154 Å². The summed E-state index contributed by atoms with van der Waals surface area (Å²) in [5, 5.41) is 9.49. The second-order valence-electron chi connectivity index (χ2n) is 8.49. The van der Waals surface area contributed by atoms with E-state index in [1.165, 1.54) is 38.5 Å². The van der Waals surface area contributed by atoms with Crippen molar-refractivity contribution in [3.63, 3.8) is 0 Å². The molecule has 0 amide bonds. The summed E-state index contributed by atoms with van der Waals surface area (Å²) in [5.41, 5.74) is -0.159. The van der Waals surface area contributed by atoms with Crippen LogP contribution in [0.15, 0.2) is 0 Å². The van der Waals surface area contributed by atoms with E-state index in [2.05, 4.69) is 19.9 Å². The number of carbonyl (C=O) groups excluding carboxylic acids is 1. The van der Waals surface area contributed by atoms with Crippen LogP contribution >= 0.6 is 0 Å². The SMILES string of the molecule is CCCCCC1CCC(C(=O)OC2CCC(C#N)(CCC)CC2)CC1. The minimum atomic E-state index is -0.159. The van der Waals surface area contributed by atoms with Crippen molar-refractivity contribution >= 4 is 5.97 Å². The van der Waals surface area contributed by atoms with Gasteiger partial charge in [-0.25, -0.2) is 0 Å². The van der Waals surface area contributed by atoms with E-state index >= 15 is 0 Å². The van der Waals surface area contributed by atoms with Crippen molar-refractivity contribution in [3.8, 4) is 6.07 Å². The minimum absolute atomic E-state index is 0.0388. The molecule has 0 N–H and O–H groups in total. The lowest BCUT2D eigenvalue weighted by Crippen LogP contribution is -2.33. The highest BCUT2D eigenvalue weighted by Crippen LogP contribution is 2.41. The molecule has 0 aromatic carbocycles. The largest absolute Gasteiger partial charge is 0.462 e. The van der Waals surface area contributed by atoms with Gasteiger partial charge in [-0.1, -0.05) is 46.0 Å². The summed E-state index contributed by atoms with van der Waals surface area (Å²) < 4.78 is 5.83. The Bertz CT molecular complexity index is 437. The topological polar surface area (TPSA) is 50.1 Å². The van der Waals surface area contributed by atoms with Gasteiger partial charge in [-0.2, -0.15) is 5.26 Å². The van der Waals surface area contributed by atoms with Crippen molar-refractivity contribution < 1.29 is 9.53 Å². The van der Waals surface area contributed by atoms with Gasteiger partial charge in [0.05, 0.1) is 17.4 Å². The summed E-state index contributed by atoms with van der Waals surface area (Å²) in [5.74, 6) is 0.994. The van der Waals surface area contributed by atoms with Crippen LogP contribution in [0.25, 0.3) is 0 Å². The van der Waals surface area contributed by atoms with Gasteiger partial charge in [0.25, 0.3) is 0 Å². The first-order chi connectivity index (χ1) is 12.1. The lowest BCUT2D eigenvalue weighted by molar-refractivity contribution is -0.158. The number of nitriles is 1. The summed E-state index contributed by atoms with van der Waals surface area (Å²) >= 11 is 0. The Balaban J connectivity index is 1.69. The van der Waals surface area contributed by atoms with Gasteiger partial charge in [-0.05, 0) is 63.7 Å². The molecule has 0 saturated heterocycles. The van der Waals surface area contributed by atoms with Gasteiger partial charge in [0, 0.05) is 0 Å². The van der Waals surface area contributed by atoms with E-state index in [0.717, 1.165) is 57.3 Å². The molecule has 142 valence electrons. The Morgan fingerprint density at radius 3 is 2.28 bits per heavy atom. The summed E-state index contributed by atoms with van der Waals surface area (Å²) in [7, 11) is 0. The van der Waals surface area contributed by atoms with Crippen LogP contribution < -0.4 is 0 Å². The summed E-state index contributed by atoms with van der Waals surface area (Å²) in [6.45, 7) is 4.39. The zero-order valence-corrected chi connectivity index (χ0v) is 16.4. The Kier molecular flexibility index (Phi) is 8.27. The highest BCUT2D eigenvalue weighted by molar-refractivity contribution is 5.72. The average molecular weight is 348 g/mol. The number of hydrogen-bond acceptors (Lipinski definition) is 3. The monoisotopic (exact) mass is 347 g/mol. The number of rotatable bonds is 8. The van der Waals surface area contributed by atoms with Crippen molar-refractivity contribution in [2.24, 2.45) is 17.3 Å². The molecule has 0 heterocycles. The van der Waals surface area contributed by atoms with E-state index in [4.69, 9.17) is 4.74 Å². The summed E-state index contributed by atoms with van der Waals surface area (Å²) in [4.78, 5) is 12.5. The van der Waals surface area contributed by atoms with Gasteiger partial charge < -0.3 is 4.74 Å². The van der Waals surface area contributed by atoms with Gasteiger partial charge in [0.15, 0.2) is 0 Å². The molecule has 3 heteroatoms. The molecular weight excluding hydrogens is 310 g/mol. The second kappa shape index (κ2) is 10.2. The fourth-order valence-corrected chi connectivity index (χ4v) is 4.79. The molecule has 2 fully saturated rings. The minimum Gasteiger partial charge on any atom is -0.462 e. The molecule has 0 unspecified atom stereocenters. The highest BCUT2D eigenvalue weighted by Gasteiger charge is 2.37. The summed E-state index contributed by atoms with van der Waals surface area (Å²) in [6.07, 6.45) is 15.3. The Morgan fingerprint density at radius 2 is 1.72 bits per heavy atom. The van der Waals surface area contributed by atoms with Crippen molar-refractivity contribution in [1.29, 1.82) is 5.26 Å². The molecule has 0 radical (unpaired) electrons. The molecule has 2 saturated carbocycles. The van der Waals surface area contributed by atoms with Crippen LogP contribution in [0.3, 0.4) is 0 Å². The van der Waals surface area contributed by atoms with E-state index in [1.54, 1.807) is 0 Å². The van der Waals surface area contributed by atoms with Gasteiger partial charge in [-0.15, -0.1) is 0 Å². The van der Waals surface area contributed by atoms with Crippen LogP contribution in [0, 0.1) is 28.6 Å². The zero-order chi connectivity index (χ0) is 18.1. The van der Waals surface area contributed by atoms with E-state index < -0.39 is 0 Å². The molecule has 0 aromatic heterocycles. The predicted molar refractivity (Wildman–Crippen MR) is 101 cm³/mol. The molecule has 0 atom stereocenters. The fourth-order valence-electron chi connectivity index (χ4n) is 4.79. The van der Waals surface area contributed by atoms with Crippen molar-refractivity contribution in [2.75, 3.05) is 0 Å². The first-order valence-electron chi connectivity index (χ1n) is 10.7. The number of esters is 1. The first-order valence-corrected chi connectivity index (χ1v) is 10.7. The molecule has 2 rings (SSSR count). The Hall–Kier alpha value is -1.04. The fraction of sp³-hybridized carbons (Fsp3) is 0.909. The highest BCUT2D eigenvalue weighted by atomic mass is 16.5. The van der Waals surface area contributed by atoms with Gasteiger partial charge in [0.1, 0.15) is 6.10 Å². The van der Waals surface area contributed by atoms with Crippen molar-refractivity contribution in [2.45, 2.75) is 110 Å². The van der Waals surface area contributed by atoms with Crippen LogP contribution in [0.1, 0.15) is 104 Å². The number of carbonyl (C=O) groups is 1. The smallest absolute Gasteiger partial charge is 0.309 e. The molecule has 0 aliphatic heterocycles. The van der Waals surface area contributed by atoms with Gasteiger partial charge in [-0.3, -0.25) is 4.79 Å². The van der Waals surface area contributed by atoms with Crippen molar-refractivity contribution in [3.05, 3.63) is 0 Å². The zero-order valence-electron chi connectivity index (χ0n) is 16.4. The standard InChI is InChI=1S/C22H37NO2/c1-3-5-6-7-18-8-10-19(11-9-18)21(24)25-20-12-15-22(17-23,14-4-2)16-13-20/h18-20H,3-16H2,1-2H3. The molecule has 2 aliphatic carbocycles. The number of ether oxygens (including phenoxy) is 1. The molecule has 0 aromatic rings. The number of unbranched alkanes of at least 4 members (excludes halogenated alkanes) is 2. The third-order valence-electron chi connectivity index (χ3n) is 6.53. The third kappa shape index (κ3) is 6.01. The van der Waals surface area contributed by atoms with E-state index in [1.807, 2.05) is 0 Å². The molecule has 25 heavy (non-hydrogen) atoms. The lowest BCUT2D eigenvalue weighted by Gasteiger charge is -2.35. The maximum absolute atomic E-state index is 12.5. The Morgan fingerprint density at radius 1 is 1.04 bits per heavy atom. The molecule has 0 spiro atoms. The summed E-state index contributed by atoms with van der Waals surface area (Å²) in [6, 6.07) is 2.54. The molecule has 2 aliphatic rings. The van der Waals surface area contributed by atoms with Crippen LogP contribution in [-0.4, -0.2) is 12.1 Å². The lowest BCUT2D eigenvalue weighted by atomic mass is 9.71. The molecule has 3 nitrogen and oxygen atoms in total. The molecule has 0 bridgehead atoms. The van der Waals surface area contributed by atoms with Gasteiger partial charge in [0.2, 0.25) is 0 Å². The maximum Gasteiger partial charge on any atom is 0.309 e. The quantitative estimate of drug-likeness (QED) is 0.390. The van der Waals surface area contributed by atoms with E-state index in [-0.39, 0.29) is 23.4 Å².